The third-order valence-electron chi connectivity index (χ3n) is 5.12. The van der Waals surface area contributed by atoms with Gasteiger partial charge in [0, 0.05) is 29.6 Å². The minimum atomic E-state index is -0.509. The van der Waals surface area contributed by atoms with E-state index in [4.69, 9.17) is 0 Å². The second-order valence-electron chi connectivity index (χ2n) is 7.26. The Bertz CT molecular complexity index is 1280. The van der Waals surface area contributed by atoms with Crippen molar-refractivity contribution < 1.29 is 4.39 Å². The molecule has 158 valence electrons. The van der Waals surface area contributed by atoms with Gasteiger partial charge in [-0.05, 0) is 54.6 Å². The maximum Gasteiger partial charge on any atom is 0.191 e. The lowest BCUT2D eigenvalue weighted by Gasteiger charge is -2.11. The Morgan fingerprint density at radius 3 is 2.47 bits per heavy atom. The van der Waals surface area contributed by atoms with E-state index in [2.05, 4.69) is 38.6 Å². The van der Waals surface area contributed by atoms with Gasteiger partial charge in [-0.1, -0.05) is 43.0 Å². The molecule has 0 amide bonds. The molecular weight excluding hydrogens is 401 g/mol. The second-order valence-corrected chi connectivity index (χ2v) is 7.26. The molecule has 4 aromatic rings. The molecule has 0 bridgehead atoms. The summed E-state index contributed by atoms with van der Waals surface area (Å²) < 4.78 is 15.1. The summed E-state index contributed by atoms with van der Waals surface area (Å²) in [5, 5.41) is 3.07. The summed E-state index contributed by atoms with van der Waals surface area (Å²) in [6, 6.07) is 17.4. The highest BCUT2D eigenvalue weighted by molar-refractivity contribution is 5.73. The van der Waals surface area contributed by atoms with Crippen molar-refractivity contribution in [1.29, 1.82) is 0 Å². The van der Waals surface area contributed by atoms with Crippen LogP contribution in [0.4, 0.5) is 15.9 Å². The first kappa shape index (κ1) is 21.1. The van der Waals surface area contributed by atoms with Crippen LogP contribution in [0.1, 0.15) is 16.8 Å². The Morgan fingerprint density at radius 1 is 0.969 bits per heavy atom. The van der Waals surface area contributed by atoms with Crippen molar-refractivity contribution >= 4 is 24.3 Å². The van der Waals surface area contributed by atoms with Gasteiger partial charge in [-0.2, -0.15) is 0 Å². The Labute approximate surface area is 186 Å². The van der Waals surface area contributed by atoms with Gasteiger partial charge >= 0.3 is 0 Å². The van der Waals surface area contributed by atoms with Crippen LogP contribution < -0.4 is 5.32 Å². The van der Waals surface area contributed by atoms with E-state index in [9.17, 15) is 0 Å². The van der Waals surface area contributed by atoms with Gasteiger partial charge in [0.2, 0.25) is 0 Å². The summed E-state index contributed by atoms with van der Waals surface area (Å²) in [6.45, 7) is 9.72. The fourth-order valence-electron chi connectivity index (χ4n) is 3.43. The molecule has 1 N–H and O–H groups in total. The number of anilines is 1. The molecule has 0 radical (unpaired) electrons. The summed E-state index contributed by atoms with van der Waals surface area (Å²) in [5.74, 6) is -0.361. The molecule has 0 atom stereocenters. The van der Waals surface area contributed by atoms with E-state index < -0.39 is 5.82 Å². The molecule has 4 rings (SSSR count). The van der Waals surface area contributed by atoms with Crippen molar-refractivity contribution in [3.63, 3.8) is 0 Å². The van der Waals surface area contributed by atoms with E-state index >= 15 is 4.39 Å². The number of aromatic nitrogens is 3. The standard InChI is InChI=1S/C26H22FN5/c1-4-19-14-22(9-10-23(19)28-3)25-24(27)26(32-16-31-25)30-15-18-5-7-20(8-6-18)21-11-12-29-17(2)13-21/h4-14,16H,1,3,15H2,2H3,(H,30,31,32). The first-order valence-electron chi connectivity index (χ1n) is 10.1. The molecule has 6 heteroatoms. The van der Waals surface area contributed by atoms with Crippen LogP contribution in [0, 0.1) is 12.7 Å². The number of nitrogens with one attached hydrogen (secondary N) is 1. The molecule has 5 nitrogen and oxygen atoms in total. The first-order chi connectivity index (χ1) is 15.6. The van der Waals surface area contributed by atoms with Gasteiger partial charge < -0.3 is 5.32 Å². The van der Waals surface area contributed by atoms with E-state index in [0.717, 1.165) is 27.9 Å². The van der Waals surface area contributed by atoms with Crippen LogP contribution in [0.5, 0.6) is 0 Å². The minimum absolute atomic E-state index is 0.148. The van der Waals surface area contributed by atoms with Crippen LogP contribution in [0.2, 0.25) is 0 Å². The highest BCUT2D eigenvalue weighted by Gasteiger charge is 2.14. The number of hydrogen-bond donors (Lipinski definition) is 1. The summed E-state index contributed by atoms with van der Waals surface area (Å²) >= 11 is 0. The lowest BCUT2D eigenvalue weighted by atomic mass is 10.0. The van der Waals surface area contributed by atoms with Gasteiger partial charge in [0.25, 0.3) is 0 Å². The Hall–Kier alpha value is -4.19. The highest BCUT2D eigenvalue weighted by atomic mass is 19.1. The topological polar surface area (TPSA) is 63.1 Å². The van der Waals surface area contributed by atoms with Crippen molar-refractivity contribution in [3.8, 4) is 22.4 Å². The average molecular weight is 423 g/mol. The van der Waals surface area contributed by atoms with E-state index in [0.29, 0.717) is 17.8 Å². The SMILES string of the molecule is C=Cc1cc(-c2ncnc(NCc3ccc(-c4ccnc(C)c4)cc3)c2F)ccc1N=C. The molecule has 2 aromatic heterocycles. The fourth-order valence-corrected chi connectivity index (χ4v) is 3.43. The molecule has 2 aromatic carbocycles. The monoisotopic (exact) mass is 423 g/mol. The molecule has 0 aliphatic heterocycles. The smallest absolute Gasteiger partial charge is 0.191 e. The first-order valence-corrected chi connectivity index (χ1v) is 10.1. The number of nitrogens with zero attached hydrogens (tertiary/aromatic N) is 4. The summed E-state index contributed by atoms with van der Waals surface area (Å²) in [6.07, 6.45) is 4.81. The van der Waals surface area contributed by atoms with Crippen molar-refractivity contribution in [2.75, 3.05) is 5.32 Å². The number of rotatable bonds is 7. The van der Waals surface area contributed by atoms with Crippen molar-refractivity contribution in [3.05, 3.63) is 96.3 Å². The zero-order chi connectivity index (χ0) is 22.5. The lowest BCUT2D eigenvalue weighted by molar-refractivity contribution is 0.621. The van der Waals surface area contributed by atoms with E-state index in [1.807, 2.05) is 43.3 Å². The van der Waals surface area contributed by atoms with Crippen LogP contribution in [0.25, 0.3) is 28.5 Å². The number of halogens is 1. The molecule has 0 saturated carbocycles. The summed E-state index contributed by atoms with van der Waals surface area (Å²) in [5.41, 5.74) is 6.46. The second kappa shape index (κ2) is 9.31. The molecule has 0 unspecified atom stereocenters. The largest absolute Gasteiger partial charge is 0.363 e. The van der Waals surface area contributed by atoms with E-state index in [1.165, 1.54) is 6.33 Å². The molecule has 0 aliphatic rings. The Morgan fingerprint density at radius 2 is 1.75 bits per heavy atom. The van der Waals surface area contributed by atoms with Gasteiger partial charge in [-0.3, -0.25) is 9.98 Å². The van der Waals surface area contributed by atoms with Gasteiger partial charge in [0.15, 0.2) is 11.6 Å². The molecule has 0 spiro atoms. The molecule has 0 aliphatic carbocycles. The Balaban J connectivity index is 1.52. The quantitative estimate of drug-likeness (QED) is 0.357. The fraction of sp³-hybridized carbons (Fsp3) is 0.0769. The number of aliphatic imine (C=N–C) groups is 1. The molecule has 0 saturated heterocycles. The van der Waals surface area contributed by atoms with Crippen LogP contribution in [0.3, 0.4) is 0 Å². The highest BCUT2D eigenvalue weighted by Crippen LogP contribution is 2.29. The third kappa shape index (κ3) is 4.44. The van der Waals surface area contributed by atoms with Crippen molar-refractivity contribution in [2.45, 2.75) is 13.5 Å². The van der Waals surface area contributed by atoms with Gasteiger partial charge in [-0.25, -0.2) is 14.4 Å². The summed E-state index contributed by atoms with van der Waals surface area (Å²) in [7, 11) is 0. The maximum absolute atomic E-state index is 15.1. The number of hydrogen-bond acceptors (Lipinski definition) is 5. The van der Waals surface area contributed by atoms with E-state index in [-0.39, 0.29) is 11.5 Å². The van der Waals surface area contributed by atoms with Gasteiger partial charge in [0.1, 0.15) is 12.0 Å². The zero-order valence-electron chi connectivity index (χ0n) is 17.7. The molecular formula is C26H22FN5. The lowest BCUT2D eigenvalue weighted by Crippen LogP contribution is -2.05. The normalized spacial score (nSPS) is 10.6. The van der Waals surface area contributed by atoms with Crippen LogP contribution >= 0.6 is 0 Å². The number of pyridine rings is 1. The molecule has 32 heavy (non-hydrogen) atoms. The Kier molecular flexibility index (Phi) is 6.12. The van der Waals surface area contributed by atoms with Crippen LogP contribution in [-0.2, 0) is 6.54 Å². The van der Waals surface area contributed by atoms with E-state index in [1.54, 1.807) is 30.5 Å². The minimum Gasteiger partial charge on any atom is -0.363 e. The van der Waals surface area contributed by atoms with Gasteiger partial charge in [-0.15, -0.1) is 0 Å². The number of benzene rings is 2. The van der Waals surface area contributed by atoms with Crippen LogP contribution in [0.15, 0.2) is 78.7 Å². The zero-order valence-corrected chi connectivity index (χ0v) is 17.7. The average Bonchev–Trinajstić information content (AvgIpc) is 2.83. The van der Waals surface area contributed by atoms with Crippen molar-refractivity contribution in [1.82, 2.24) is 15.0 Å². The molecule has 2 heterocycles. The van der Waals surface area contributed by atoms with Crippen molar-refractivity contribution in [2.24, 2.45) is 4.99 Å². The summed E-state index contributed by atoms with van der Waals surface area (Å²) in [4.78, 5) is 16.4. The number of aryl methyl sites for hydroxylation is 1. The third-order valence-corrected chi connectivity index (χ3v) is 5.12. The van der Waals surface area contributed by atoms with Crippen LogP contribution in [-0.4, -0.2) is 21.7 Å². The molecule has 0 fully saturated rings. The predicted octanol–water partition coefficient (Wildman–Crippen LogP) is 6.24. The van der Waals surface area contributed by atoms with Gasteiger partial charge in [0.05, 0.1) is 5.69 Å². The predicted molar refractivity (Wildman–Crippen MR) is 128 cm³/mol. The maximum atomic E-state index is 15.1.